The third-order valence-electron chi connectivity index (χ3n) is 3.63. The number of aliphatic hydroxyl groups is 1. The minimum absolute atomic E-state index is 0.0802. The summed E-state index contributed by atoms with van der Waals surface area (Å²) >= 11 is 5.93. The van der Waals surface area contributed by atoms with Crippen molar-refractivity contribution in [1.29, 1.82) is 0 Å². The Kier molecular flexibility index (Phi) is 5.99. The van der Waals surface area contributed by atoms with Gasteiger partial charge in [0.05, 0.1) is 19.3 Å². The molecule has 1 unspecified atom stereocenters. The fraction of sp³-hybridized carbons (Fsp3) is 0.533. The molecule has 1 N–H and O–H groups in total. The van der Waals surface area contributed by atoms with Gasteiger partial charge in [0.2, 0.25) is 5.91 Å². The summed E-state index contributed by atoms with van der Waals surface area (Å²) in [5.74, 6) is 0.0802. The normalized spacial score (nSPS) is 18.0. The Morgan fingerprint density at radius 1 is 1.43 bits per heavy atom. The van der Waals surface area contributed by atoms with Crippen molar-refractivity contribution in [1.82, 2.24) is 9.80 Å². The number of ether oxygens (including phenoxy) is 1. The van der Waals surface area contributed by atoms with Crippen LogP contribution in [-0.4, -0.2) is 67.3 Å². The molecule has 1 amide bonds. The van der Waals surface area contributed by atoms with Crippen LogP contribution in [0.3, 0.4) is 0 Å². The number of piperazine rings is 1. The zero-order valence-electron chi connectivity index (χ0n) is 12.2. The third-order valence-corrected chi connectivity index (χ3v) is 3.86. The SMILES string of the molecule is COCCN1CCN(CC(O)c2cccc(Cl)c2)CC1=O. The molecule has 1 aliphatic heterocycles. The Balaban J connectivity index is 1.86. The number of methoxy groups -OCH3 is 1. The summed E-state index contributed by atoms with van der Waals surface area (Å²) in [6.45, 7) is 3.37. The molecule has 1 aromatic carbocycles. The number of rotatable bonds is 6. The summed E-state index contributed by atoms with van der Waals surface area (Å²) in [7, 11) is 1.63. The third kappa shape index (κ3) is 4.68. The number of amides is 1. The lowest BCUT2D eigenvalue weighted by Gasteiger charge is -2.35. The molecule has 116 valence electrons. The van der Waals surface area contributed by atoms with Crippen LogP contribution in [0.5, 0.6) is 0 Å². The van der Waals surface area contributed by atoms with Gasteiger partial charge in [0, 0.05) is 38.3 Å². The maximum Gasteiger partial charge on any atom is 0.236 e. The van der Waals surface area contributed by atoms with Crippen LogP contribution < -0.4 is 0 Å². The van der Waals surface area contributed by atoms with Crippen molar-refractivity contribution in [2.75, 3.05) is 46.4 Å². The monoisotopic (exact) mass is 312 g/mol. The van der Waals surface area contributed by atoms with Crippen LogP contribution in [0.4, 0.5) is 0 Å². The van der Waals surface area contributed by atoms with Crippen LogP contribution >= 0.6 is 11.6 Å². The molecule has 21 heavy (non-hydrogen) atoms. The summed E-state index contributed by atoms with van der Waals surface area (Å²) in [4.78, 5) is 15.8. The molecule has 0 radical (unpaired) electrons. The number of hydrogen-bond donors (Lipinski definition) is 1. The van der Waals surface area contributed by atoms with Crippen LogP contribution in [0.2, 0.25) is 5.02 Å². The zero-order chi connectivity index (χ0) is 15.2. The number of benzene rings is 1. The maximum absolute atomic E-state index is 12.0. The van der Waals surface area contributed by atoms with E-state index in [4.69, 9.17) is 16.3 Å². The Morgan fingerprint density at radius 2 is 2.24 bits per heavy atom. The highest BCUT2D eigenvalue weighted by Gasteiger charge is 2.25. The van der Waals surface area contributed by atoms with Gasteiger partial charge in [-0.25, -0.2) is 0 Å². The van der Waals surface area contributed by atoms with Crippen LogP contribution in [0.15, 0.2) is 24.3 Å². The highest BCUT2D eigenvalue weighted by molar-refractivity contribution is 6.30. The molecule has 5 nitrogen and oxygen atoms in total. The molecule has 1 fully saturated rings. The first-order valence-corrected chi connectivity index (χ1v) is 7.40. The molecule has 0 saturated carbocycles. The summed E-state index contributed by atoms with van der Waals surface area (Å²) in [6, 6.07) is 7.18. The Bertz CT molecular complexity index is 484. The van der Waals surface area contributed by atoms with Crippen molar-refractivity contribution in [3.63, 3.8) is 0 Å². The van der Waals surface area contributed by atoms with E-state index in [1.54, 1.807) is 24.1 Å². The molecular formula is C15H21ClN2O3. The van der Waals surface area contributed by atoms with Crippen molar-refractivity contribution < 1.29 is 14.6 Å². The van der Waals surface area contributed by atoms with E-state index in [0.717, 1.165) is 12.1 Å². The lowest BCUT2D eigenvalue weighted by molar-refractivity contribution is -0.137. The number of aliphatic hydroxyl groups excluding tert-OH is 1. The average molecular weight is 313 g/mol. The number of halogens is 1. The minimum Gasteiger partial charge on any atom is -0.387 e. The molecule has 0 bridgehead atoms. The van der Waals surface area contributed by atoms with Gasteiger partial charge in [-0.1, -0.05) is 23.7 Å². The molecule has 0 aliphatic carbocycles. The van der Waals surface area contributed by atoms with Gasteiger partial charge >= 0.3 is 0 Å². The van der Waals surface area contributed by atoms with Gasteiger partial charge in [-0.05, 0) is 17.7 Å². The molecule has 1 aliphatic rings. The lowest BCUT2D eigenvalue weighted by Crippen LogP contribution is -2.51. The van der Waals surface area contributed by atoms with Crippen LogP contribution in [0.1, 0.15) is 11.7 Å². The van der Waals surface area contributed by atoms with Crippen LogP contribution in [0.25, 0.3) is 0 Å². The van der Waals surface area contributed by atoms with Gasteiger partial charge in [-0.3, -0.25) is 9.69 Å². The second-order valence-electron chi connectivity index (χ2n) is 5.18. The molecule has 2 rings (SSSR count). The van der Waals surface area contributed by atoms with Gasteiger partial charge in [0.1, 0.15) is 0 Å². The molecular weight excluding hydrogens is 292 g/mol. The summed E-state index contributed by atoms with van der Waals surface area (Å²) in [5, 5.41) is 10.8. The fourth-order valence-electron chi connectivity index (χ4n) is 2.41. The largest absolute Gasteiger partial charge is 0.387 e. The van der Waals surface area contributed by atoms with E-state index in [1.807, 2.05) is 17.0 Å². The second-order valence-corrected chi connectivity index (χ2v) is 5.62. The first-order valence-electron chi connectivity index (χ1n) is 7.02. The van der Waals surface area contributed by atoms with E-state index in [9.17, 15) is 9.90 Å². The van der Waals surface area contributed by atoms with Crippen LogP contribution in [0, 0.1) is 0 Å². The highest BCUT2D eigenvalue weighted by Crippen LogP contribution is 2.19. The van der Waals surface area contributed by atoms with E-state index in [-0.39, 0.29) is 5.91 Å². The van der Waals surface area contributed by atoms with Crippen molar-refractivity contribution in [3.8, 4) is 0 Å². The number of β-amino-alcohol motifs (C(OH)–C–C–N with tert-alkyl or cyclic N) is 1. The summed E-state index contributed by atoms with van der Waals surface area (Å²) in [5.41, 5.74) is 0.775. The topological polar surface area (TPSA) is 53.0 Å². The molecule has 6 heteroatoms. The molecule has 0 spiro atoms. The smallest absolute Gasteiger partial charge is 0.236 e. The van der Waals surface area contributed by atoms with Crippen molar-refractivity contribution in [2.24, 2.45) is 0 Å². The first-order chi connectivity index (χ1) is 10.1. The van der Waals surface area contributed by atoms with Gasteiger partial charge in [-0.2, -0.15) is 0 Å². The maximum atomic E-state index is 12.0. The molecule has 1 atom stereocenters. The first kappa shape index (κ1) is 16.2. The molecule has 1 heterocycles. The van der Waals surface area contributed by atoms with E-state index >= 15 is 0 Å². The van der Waals surface area contributed by atoms with Gasteiger partial charge in [-0.15, -0.1) is 0 Å². The standard InChI is InChI=1S/C15H21ClN2O3/c1-21-8-7-18-6-5-17(11-15(18)20)10-14(19)12-3-2-4-13(16)9-12/h2-4,9,14,19H,5-8,10-11H2,1H3. The number of carbonyl (C=O) groups is 1. The van der Waals surface area contributed by atoms with E-state index in [0.29, 0.717) is 37.8 Å². The minimum atomic E-state index is -0.637. The van der Waals surface area contributed by atoms with E-state index in [1.165, 1.54) is 0 Å². The number of nitrogens with zero attached hydrogens (tertiary/aromatic N) is 2. The Hall–Kier alpha value is -1.14. The fourth-order valence-corrected chi connectivity index (χ4v) is 2.61. The van der Waals surface area contributed by atoms with Crippen LogP contribution in [-0.2, 0) is 9.53 Å². The Labute approximate surface area is 130 Å². The van der Waals surface area contributed by atoms with Gasteiger partial charge in [0.15, 0.2) is 0 Å². The van der Waals surface area contributed by atoms with Crippen molar-refractivity contribution in [3.05, 3.63) is 34.9 Å². The summed E-state index contributed by atoms with van der Waals surface area (Å²) < 4.78 is 4.99. The highest BCUT2D eigenvalue weighted by atomic mass is 35.5. The van der Waals surface area contributed by atoms with E-state index in [2.05, 4.69) is 0 Å². The van der Waals surface area contributed by atoms with E-state index < -0.39 is 6.10 Å². The molecule has 1 aromatic rings. The Morgan fingerprint density at radius 3 is 2.90 bits per heavy atom. The predicted octanol–water partition coefficient (Wildman–Crippen LogP) is 1.16. The summed E-state index contributed by atoms with van der Waals surface area (Å²) in [6.07, 6.45) is -0.637. The molecule has 1 saturated heterocycles. The van der Waals surface area contributed by atoms with Gasteiger partial charge in [0.25, 0.3) is 0 Å². The quantitative estimate of drug-likeness (QED) is 0.856. The predicted molar refractivity (Wildman–Crippen MR) is 81.3 cm³/mol. The molecule has 0 aromatic heterocycles. The second kappa shape index (κ2) is 7.75. The van der Waals surface area contributed by atoms with Crippen molar-refractivity contribution >= 4 is 17.5 Å². The van der Waals surface area contributed by atoms with Gasteiger partial charge < -0.3 is 14.7 Å². The number of carbonyl (C=O) groups excluding carboxylic acids is 1. The lowest BCUT2D eigenvalue weighted by atomic mass is 10.1. The van der Waals surface area contributed by atoms with Crippen molar-refractivity contribution in [2.45, 2.75) is 6.10 Å². The number of hydrogen-bond acceptors (Lipinski definition) is 4. The average Bonchev–Trinajstić information content (AvgIpc) is 2.46. The zero-order valence-corrected chi connectivity index (χ0v) is 12.9.